The maximum absolute atomic E-state index is 13.3. The summed E-state index contributed by atoms with van der Waals surface area (Å²) in [5.41, 5.74) is 1.12. The molecular formula is C20H26N2O5. The van der Waals surface area contributed by atoms with Gasteiger partial charge in [0.15, 0.2) is 0 Å². The van der Waals surface area contributed by atoms with E-state index < -0.39 is 0 Å². The number of carbonyl (C=O) groups is 2. The molecule has 7 nitrogen and oxygen atoms in total. The predicted molar refractivity (Wildman–Crippen MR) is 95.5 cm³/mol. The van der Waals surface area contributed by atoms with E-state index in [1.165, 1.54) is 0 Å². The van der Waals surface area contributed by atoms with Gasteiger partial charge in [0.2, 0.25) is 5.91 Å². The SMILES string of the molecule is Cc1coc(CC(=O)N2CCOCC23CC3)c1C(=O)N1CCOCC12CC2. The molecule has 0 atom stereocenters. The van der Waals surface area contributed by atoms with E-state index in [0.29, 0.717) is 50.8 Å². The van der Waals surface area contributed by atoms with Gasteiger partial charge in [0.1, 0.15) is 5.76 Å². The van der Waals surface area contributed by atoms with Crippen molar-refractivity contribution in [2.75, 3.05) is 39.5 Å². The Morgan fingerprint density at radius 2 is 1.59 bits per heavy atom. The number of nitrogens with zero attached hydrogens (tertiary/aromatic N) is 2. The minimum Gasteiger partial charge on any atom is -0.468 e. The summed E-state index contributed by atoms with van der Waals surface area (Å²) in [4.78, 5) is 30.2. The third kappa shape index (κ3) is 2.79. The van der Waals surface area contributed by atoms with Crippen molar-refractivity contribution in [2.45, 2.75) is 50.1 Å². The molecule has 2 aliphatic heterocycles. The summed E-state index contributed by atoms with van der Waals surface area (Å²) in [7, 11) is 0. The molecule has 27 heavy (non-hydrogen) atoms. The predicted octanol–water partition coefficient (Wildman–Crippen LogP) is 1.53. The Morgan fingerprint density at radius 1 is 1.00 bits per heavy atom. The van der Waals surface area contributed by atoms with Gasteiger partial charge in [-0.1, -0.05) is 0 Å². The van der Waals surface area contributed by atoms with Gasteiger partial charge in [-0.2, -0.15) is 0 Å². The fourth-order valence-electron chi connectivity index (χ4n) is 4.57. The van der Waals surface area contributed by atoms with Crippen LogP contribution in [0.1, 0.15) is 47.4 Å². The van der Waals surface area contributed by atoms with E-state index >= 15 is 0 Å². The molecule has 0 bridgehead atoms. The summed E-state index contributed by atoms with van der Waals surface area (Å²) in [6.07, 6.45) is 5.70. The van der Waals surface area contributed by atoms with Crippen LogP contribution in [0.3, 0.4) is 0 Å². The first kappa shape index (κ1) is 17.3. The molecule has 0 N–H and O–H groups in total. The maximum atomic E-state index is 13.3. The second-order valence-electron chi connectivity index (χ2n) is 8.45. The molecule has 3 heterocycles. The third-order valence-electron chi connectivity index (χ3n) is 6.58. The normalized spacial score (nSPS) is 25.1. The lowest BCUT2D eigenvalue weighted by Crippen LogP contribution is -2.52. The van der Waals surface area contributed by atoms with Gasteiger partial charge in [-0.05, 0) is 32.6 Å². The van der Waals surface area contributed by atoms with Gasteiger partial charge in [0.05, 0.1) is 55.8 Å². The Morgan fingerprint density at radius 3 is 2.22 bits per heavy atom. The highest BCUT2D eigenvalue weighted by Gasteiger charge is 2.53. The summed E-state index contributed by atoms with van der Waals surface area (Å²) in [6.45, 7) is 5.47. The van der Waals surface area contributed by atoms with Gasteiger partial charge < -0.3 is 23.7 Å². The number of carbonyl (C=O) groups excluding carboxylic acids is 2. The zero-order valence-electron chi connectivity index (χ0n) is 15.8. The van der Waals surface area contributed by atoms with Gasteiger partial charge in [-0.3, -0.25) is 9.59 Å². The van der Waals surface area contributed by atoms with Crippen LogP contribution >= 0.6 is 0 Å². The van der Waals surface area contributed by atoms with Crippen molar-refractivity contribution in [3.8, 4) is 0 Å². The molecule has 4 aliphatic rings. The summed E-state index contributed by atoms with van der Waals surface area (Å²) in [6, 6.07) is 0. The van der Waals surface area contributed by atoms with Crippen molar-refractivity contribution in [3.63, 3.8) is 0 Å². The first-order valence-corrected chi connectivity index (χ1v) is 9.90. The van der Waals surface area contributed by atoms with Gasteiger partial charge in [0.25, 0.3) is 5.91 Å². The molecule has 2 spiro atoms. The fraction of sp³-hybridized carbons (Fsp3) is 0.700. The van der Waals surface area contributed by atoms with Crippen LogP contribution in [0.5, 0.6) is 0 Å². The van der Waals surface area contributed by atoms with Gasteiger partial charge in [0, 0.05) is 18.7 Å². The van der Waals surface area contributed by atoms with Crippen LogP contribution in [-0.2, 0) is 20.7 Å². The van der Waals surface area contributed by atoms with Crippen LogP contribution in [0, 0.1) is 6.92 Å². The monoisotopic (exact) mass is 374 g/mol. The van der Waals surface area contributed by atoms with Crippen LogP contribution < -0.4 is 0 Å². The number of rotatable bonds is 3. The van der Waals surface area contributed by atoms with Crippen LogP contribution in [0.25, 0.3) is 0 Å². The molecule has 2 saturated carbocycles. The molecule has 7 heteroatoms. The number of morpholine rings is 2. The minimum absolute atomic E-state index is 0.0204. The number of aryl methyl sites for hydroxylation is 1. The summed E-state index contributed by atoms with van der Waals surface area (Å²) in [5, 5.41) is 0. The molecule has 2 saturated heterocycles. The van der Waals surface area contributed by atoms with Crippen molar-refractivity contribution in [1.82, 2.24) is 9.80 Å². The van der Waals surface area contributed by atoms with Crippen LogP contribution in [0.15, 0.2) is 10.7 Å². The van der Waals surface area contributed by atoms with E-state index in [1.54, 1.807) is 6.26 Å². The molecule has 1 aromatic rings. The molecular weight excluding hydrogens is 348 g/mol. The van der Waals surface area contributed by atoms with E-state index in [9.17, 15) is 9.59 Å². The second kappa shape index (κ2) is 6.07. The Kier molecular flexibility index (Phi) is 3.88. The van der Waals surface area contributed by atoms with Crippen molar-refractivity contribution in [1.29, 1.82) is 0 Å². The molecule has 4 fully saturated rings. The summed E-state index contributed by atoms with van der Waals surface area (Å²) < 4.78 is 16.8. The Labute approximate surface area is 158 Å². The first-order valence-electron chi connectivity index (χ1n) is 9.90. The molecule has 0 aromatic carbocycles. The van der Waals surface area contributed by atoms with E-state index in [0.717, 1.165) is 31.2 Å². The molecule has 2 amide bonds. The highest BCUT2D eigenvalue weighted by molar-refractivity contribution is 5.98. The summed E-state index contributed by atoms with van der Waals surface area (Å²) >= 11 is 0. The van der Waals surface area contributed by atoms with E-state index in [4.69, 9.17) is 13.9 Å². The number of hydrogen-bond acceptors (Lipinski definition) is 5. The molecule has 0 radical (unpaired) electrons. The van der Waals surface area contributed by atoms with Crippen molar-refractivity contribution in [2.24, 2.45) is 0 Å². The van der Waals surface area contributed by atoms with E-state index in [2.05, 4.69) is 0 Å². The average molecular weight is 374 g/mol. The molecule has 2 aliphatic carbocycles. The zero-order chi connectivity index (χ0) is 18.6. The van der Waals surface area contributed by atoms with Gasteiger partial charge >= 0.3 is 0 Å². The van der Waals surface area contributed by atoms with Crippen molar-refractivity contribution >= 4 is 11.8 Å². The molecule has 146 valence electrons. The molecule has 1 aromatic heterocycles. The third-order valence-corrected chi connectivity index (χ3v) is 6.58. The maximum Gasteiger partial charge on any atom is 0.258 e. The van der Waals surface area contributed by atoms with Gasteiger partial charge in [-0.25, -0.2) is 0 Å². The van der Waals surface area contributed by atoms with Crippen molar-refractivity contribution < 1.29 is 23.5 Å². The lowest BCUT2D eigenvalue weighted by atomic mass is 10.0. The first-order chi connectivity index (χ1) is 13.0. The Balaban J connectivity index is 1.37. The summed E-state index contributed by atoms with van der Waals surface area (Å²) in [5.74, 6) is 0.502. The standard InChI is InChI=1S/C20H26N2O5/c1-14-11-27-15(10-16(23)21-6-8-25-12-19(21)2-3-19)17(14)18(24)22-7-9-26-13-20(22)4-5-20/h11H,2-10,12-13H2,1H3. The van der Waals surface area contributed by atoms with Crippen molar-refractivity contribution in [3.05, 3.63) is 23.2 Å². The fourth-order valence-corrected chi connectivity index (χ4v) is 4.57. The molecule has 5 rings (SSSR count). The lowest BCUT2D eigenvalue weighted by Gasteiger charge is -2.37. The number of furan rings is 1. The van der Waals surface area contributed by atoms with E-state index in [-0.39, 0.29) is 29.3 Å². The average Bonchev–Trinajstić information content (AvgIpc) is 3.58. The lowest BCUT2D eigenvalue weighted by molar-refractivity contribution is -0.141. The molecule has 0 unspecified atom stereocenters. The number of hydrogen-bond donors (Lipinski definition) is 0. The smallest absolute Gasteiger partial charge is 0.258 e. The highest BCUT2D eigenvalue weighted by Crippen LogP contribution is 2.45. The number of ether oxygens (including phenoxy) is 2. The Hall–Kier alpha value is -1.86. The number of amides is 2. The largest absolute Gasteiger partial charge is 0.468 e. The quantitative estimate of drug-likeness (QED) is 0.802. The Bertz CT molecular complexity index is 777. The van der Waals surface area contributed by atoms with E-state index in [1.807, 2.05) is 16.7 Å². The second-order valence-corrected chi connectivity index (χ2v) is 8.45. The topological polar surface area (TPSA) is 72.2 Å². The van der Waals surface area contributed by atoms with Crippen LogP contribution in [0.2, 0.25) is 0 Å². The zero-order valence-corrected chi connectivity index (χ0v) is 15.8. The highest BCUT2D eigenvalue weighted by atomic mass is 16.5. The van der Waals surface area contributed by atoms with Gasteiger partial charge in [-0.15, -0.1) is 0 Å². The minimum atomic E-state index is -0.136. The van der Waals surface area contributed by atoms with Crippen LogP contribution in [-0.4, -0.2) is 72.2 Å². The van der Waals surface area contributed by atoms with Crippen LogP contribution in [0.4, 0.5) is 0 Å².